The molecule has 0 radical (unpaired) electrons. The summed E-state index contributed by atoms with van der Waals surface area (Å²) in [6.07, 6.45) is 2.05. The molecule has 1 saturated heterocycles. The molecule has 3 heterocycles. The Morgan fingerprint density at radius 3 is 2.56 bits per heavy atom. The van der Waals surface area contributed by atoms with Crippen molar-refractivity contribution in [2.45, 2.75) is 81.9 Å². The highest BCUT2D eigenvalue weighted by atomic mass is 35.5. The van der Waals surface area contributed by atoms with Gasteiger partial charge in [-0.2, -0.15) is 0 Å². The molecule has 0 bridgehead atoms. The Morgan fingerprint density at radius 1 is 1.17 bits per heavy atom. The third-order valence-electron chi connectivity index (χ3n) is 8.73. The molecule has 1 atom stereocenters. The number of thioether (sulfide) groups is 1. The van der Waals surface area contributed by atoms with E-state index in [0.29, 0.717) is 49.9 Å². The summed E-state index contributed by atoms with van der Waals surface area (Å²) in [5, 5.41) is 13.6. The van der Waals surface area contributed by atoms with E-state index in [0.717, 1.165) is 21.4 Å². The molecular formula is C30H39ClN4O4SSi. The Morgan fingerprint density at radius 2 is 1.85 bits per heavy atom. The van der Waals surface area contributed by atoms with E-state index in [9.17, 15) is 14.7 Å². The number of carbonyl (C=O) groups is 2. The lowest BCUT2D eigenvalue weighted by Gasteiger charge is -2.37. The number of aliphatic hydroxyl groups is 1. The second-order valence-electron chi connectivity index (χ2n) is 12.5. The summed E-state index contributed by atoms with van der Waals surface area (Å²) >= 11 is 7.54. The smallest absolute Gasteiger partial charge is 0.330 e. The topological polar surface area (TPSA) is 87.9 Å². The van der Waals surface area contributed by atoms with Crippen LogP contribution in [-0.2, 0) is 22.4 Å². The number of hydrogen-bond acceptors (Lipinski definition) is 6. The minimum atomic E-state index is -1.97. The molecule has 2 aliphatic rings. The van der Waals surface area contributed by atoms with Crippen LogP contribution in [-0.4, -0.2) is 75.7 Å². The van der Waals surface area contributed by atoms with Crippen molar-refractivity contribution in [3.05, 3.63) is 59.1 Å². The lowest BCUT2D eigenvalue weighted by atomic mass is 10.0. The SMILES string of the molecule is CC(C)(C)[Si](C)(C)OCc1ncc2n1C(=O)N(C1CCN(C(=O)[C@H](O)CSc3ccc4cc(Cl)ccc4c3)CC1)C2. The van der Waals surface area contributed by atoms with Gasteiger partial charge in [-0.25, -0.2) is 14.3 Å². The van der Waals surface area contributed by atoms with Crippen molar-refractivity contribution in [1.29, 1.82) is 0 Å². The van der Waals surface area contributed by atoms with Gasteiger partial charge >= 0.3 is 6.03 Å². The van der Waals surface area contributed by atoms with Gasteiger partial charge in [-0.05, 0) is 66.0 Å². The fraction of sp³-hybridized carbons (Fsp3) is 0.500. The van der Waals surface area contributed by atoms with Gasteiger partial charge in [0.1, 0.15) is 11.9 Å². The molecule has 1 fully saturated rings. The van der Waals surface area contributed by atoms with Crippen molar-refractivity contribution in [1.82, 2.24) is 19.4 Å². The van der Waals surface area contributed by atoms with E-state index < -0.39 is 14.4 Å². The minimum absolute atomic E-state index is 0.0400. The summed E-state index contributed by atoms with van der Waals surface area (Å²) in [7, 11) is -1.97. The highest BCUT2D eigenvalue weighted by Crippen LogP contribution is 2.37. The Bertz CT molecular complexity index is 1450. The standard InChI is InChI=1S/C30H39ClN4O4SSi/c1-30(2,3)41(4,5)39-18-27-32-16-24-17-34(29(38)35(24)27)23-10-12-33(13-11-23)28(37)26(36)19-40-25-9-7-20-14-22(31)8-6-21(20)15-25/h6-9,14-16,23,26,36H,10-13,17-19H2,1-5H3/t26-/m1/s1. The third kappa shape index (κ3) is 6.36. The summed E-state index contributed by atoms with van der Waals surface area (Å²) < 4.78 is 8.04. The van der Waals surface area contributed by atoms with Crippen molar-refractivity contribution >= 4 is 54.4 Å². The number of nitrogens with zero attached hydrogens (tertiary/aromatic N) is 4. The minimum Gasteiger partial charge on any atom is -0.409 e. The number of piperidine rings is 1. The van der Waals surface area contributed by atoms with Gasteiger partial charge in [0.15, 0.2) is 8.32 Å². The molecule has 5 rings (SSSR count). The Balaban J connectivity index is 1.12. The molecule has 0 spiro atoms. The average molecular weight is 615 g/mol. The maximum Gasteiger partial charge on any atom is 0.330 e. The number of benzene rings is 2. The van der Waals surface area contributed by atoms with Crippen LogP contribution in [0.5, 0.6) is 0 Å². The summed E-state index contributed by atoms with van der Waals surface area (Å²) in [5.41, 5.74) is 0.881. The van der Waals surface area contributed by atoms with Gasteiger partial charge in [0, 0.05) is 34.8 Å². The molecule has 11 heteroatoms. The number of amides is 2. The normalized spacial score (nSPS) is 17.4. The zero-order chi connectivity index (χ0) is 29.5. The monoisotopic (exact) mass is 614 g/mol. The molecule has 8 nitrogen and oxygen atoms in total. The first-order valence-corrected chi connectivity index (χ1v) is 18.4. The van der Waals surface area contributed by atoms with Crippen molar-refractivity contribution in [2.24, 2.45) is 0 Å². The first kappa shape index (κ1) is 30.1. The molecule has 3 aromatic rings. The first-order chi connectivity index (χ1) is 19.3. The zero-order valence-electron chi connectivity index (χ0n) is 24.4. The van der Waals surface area contributed by atoms with Gasteiger partial charge < -0.3 is 19.3 Å². The van der Waals surface area contributed by atoms with E-state index in [1.54, 1.807) is 15.7 Å². The van der Waals surface area contributed by atoms with Gasteiger partial charge in [0.05, 0.1) is 25.0 Å². The molecule has 2 aliphatic heterocycles. The molecule has 0 aliphatic carbocycles. The maximum atomic E-state index is 13.4. The fourth-order valence-electron chi connectivity index (χ4n) is 5.13. The maximum absolute atomic E-state index is 13.4. The molecule has 1 N–H and O–H groups in total. The molecule has 220 valence electrons. The Labute approximate surface area is 252 Å². The summed E-state index contributed by atoms with van der Waals surface area (Å²) in [6.45, 7) is 12.8. The first-order valence-electron chi connectivity index (χ1n) is 14.1. The van der Waals surface area contributed by atoms with Crippen LogP contribution in [0.15, 0.2) is 47.5 Å². The summed E-state index contributed by atoms with van der Waals surface area (Å²) in [6, 6.07) is 11.7. The van der Waals surface area contributed by atoms with E-state index in [2.05, 4.69) is 38.8 Å². The number of fused-ring (bicyclic) bond motifs is 2. The van der Waals surface area contributed by atoms with E-state index in [1.165, 1.54) is 11.8 Å². The van der Waals surface area contributed by atoms with Crippen molar-refractivity contribution in [3.8, 4) is 0 Å². The molecule has 2 amide bonds. The van der Waals surface area contributed by atoms with Crippen molar-refractivity contribution < 1.29 is 19.1 Å². The molecular weight excluding hydrogens is 576 g/mol. The highest BCUT2D eigenvalue weighted by Gasteiger charge is 2.40. The van der Waals surface area contributed by atoms with E-state index in [1.807, 2.05) is 41.3 Å². The lowest BCUT2D eigenvalue weighted by Crippen LogP contribution is -2.50. The molecule has 1 aromatic heterocycles. The second-order valence-corrected chi connectivity index (χ2v) is 18.8. The quantitative estimate of drug-likeness (QED) is 0.242. The van der Waals surface area contributed by atoms with Gasteiger partial charge in [0.2, 0.25) is 0 Å². The van der Waals surface area contributed by atoms with Crippen LogP contribution in [0.4, 0.5) is 4.79 Å². The number of likely N-dealkylation sites (tertiary alicyclic amines) is 1. The number of carbonyl (C=O) groups excluding carboxylic acids is 2. The predicted octanol–water partition coefficient (Wildman–Crippen LogP) is 6.14. The van der Waals surface area contributed by atoms with Crippen molar-refractivity contribution in [3.63, 3.8) is 0 Å². The van der Waals surface area contributed by atoms with Crippen LogP contribution in [0.25, 0.3) is 10.8 Å². The second kappa shape index (κ2) is 11.7. The third-order valence-corrected chi connectivity index (χ3v) is 14.5. The summed E-state index contributed by atoms with van der Waals surface area (Å²) in [5.74, 6) is 0.683. The number of hydrogen-bond donors (Lipinski definition) is 1. The predicted molar refractivity (Wildman–Crippen MR) is 166 cm³/mol. The van der Waals surface area contributed by atoms with Gasteiger partial charge in [0.25, 0.3) is 5.91 Å². The van der Waals surface area contributed by atoms with Gasteiger partial charge in [-0.1, -0.05) is 44.5 Å². The zero-order valence-corrected chi connectivity index (χ0v) is 27.0. The largest absolute Gasteiger partial charge is 0.409 e. The van der Waals surface area contributed by atoms with Crippen LogP contribution >= 0.6 is 23.4 Å². The molecule has 41 heavy (non-hydrogen) atoms. The van der Waals surface area contributed by atoms with E-state index in [4.69, 9.17) is 16.0 Å². The van der Waals surface area contributed by atoms with Crippen LogP contribution in [0.1, 0.15) is 45.1 Å². The van der Waals surface area contributed by atoms with Gasteiger partial charge in [-0.3, -0.25) is 4.79 Å². The summed E-state index contributed by atoms with van der Waals surface area (Å²) in [4.78, 5) is 35.5. The van der Waals surface area contributed by atoms with Crippen molar-refractivity contribution in [2.75, 3.05) is 18.8 Å². The number of halogens is 1. The van der Waals surface area contributed by atoms with E-state index >= 15 is 0 Å². The van der Waals surface area contributed by atoms with E-state index in [-0.39, 0.29) is 28.8 Å². The molecule has 0 unspecified atom stereocenters. The average Bonchev–Trinajstić information content (AvgIpc) is 3.49. The number of imidazole rings is 1. The van der Waals surface area contributed by atoms with Crippen LogP contribution < -0.4 is 0 Å². The number of aliphatic hydroxyl groups excluding tert-OH is 1. The highest BCUT2D eigenvalue weighted by molar-refractivity contribution is 7.99. The molecule has 0 saturated carbocycles. The number of aromatic nitrogens is 2. The Kier molecular flexibility index (Phi) is 8.60. The van der Waals surface area contributed by atoms with Gasteiger partial charge in [-0.15, -0.1) is 11.8 Å². The fourth-order valence-corrected chi connectivity index (χ4v) is 7.10. The lowest BCUT2D eigenvalue weighted by molar-refractivity contribution is -0.140. The Hall–Kier alpha value is -2.37. The van der Waals surface area contributed by atoms with Crippen LogP contribution in [0.2, 0.25) is 23.2 Å². The number of rotatable bonds is 8. The van der Waals surface area contributed by atoms with Crippen LogP contribution in [0, 0.1) is 0 Å². The molecule has 2 aromatic carbocycles. The van der Waals surface area contributed by atoms with Crippen LogP contribution in [0.3, 0.4) is 0 Å².